The number of pyridine rings is 2. The summed E-state index contributed by atoms with van der Waals surface area (Å²) in [4.78, 5) is 4.01. The quantitative estimate of drug-likeness (QED) is 0.514. The first-order chi connectivity index (χ1) is 9.75. The van der Waals surface area contributed by atoms with Crippen molar-refractivity contribution in [2.75, 3.05) is 0 Å². The number of aryl methyl sites for hydroxylation is 2. The molecular formula is C18H15N2Y-. The molecule has 3 heteroatoms. The molecule has 0 N–H and O–H groups in total. The van der Waals surface area contributed by atoms with E-state index < -0.39 is 0 Å². The van der Waals surface area contributed by atoms with Crippen LogP contribution in [0.15, 0.2) is 55.0 Å². The van der Waals surface area contributed by atoms with Gasteiger partial charge in [0.1, 0.15) is 7.05 Å². The Morgan fingerprint density at radius 2 is 1.95 bits per heavy atom. The van der Waals surface area contributed by atoms with E-state index in [0.29, 0.717) is 0 Å². The number of nitrogens with zero attached hydrogens (tertiary/aromatic N) is 2. The Bertz CT molecular complexity index is 739. The third-order valence-corrected chi connectivity index (χ3v) is 3.40. The molecule has 0 saturated heterocycles. The van der Waals surface area contributed by atoms with E-state index >= 15 is 0 Å². The zero-order chi connectivity index (χ0) is 13.9. The van der Waals surface area contributed by atoms with Crippen molar-refractivity contribution < 1.29 is 37.3 Å². The molecule has 21 heavy (non-hydrogen) atoms. The van der Waals surface area contributed by atoms with Gasteiger partial charge in [0.25, 0.3) is 0 Å². The van der Waals surface area contributed by atoms with Crippen molar-refractivity contribution in [3.8, 4) is 22.4 Å². The molecule has 0 aliphatic carbocycles. The van der Waals surface area contributed by atoms with Crippen LogP contribution in [0.2, 0.25) is 0 Å². The van der Waals surface area contributed by atoms with Crippen molar-refractivity contribution in [3.63, 3.8) is 0 Å². The predicted molar refractivity (Wildman–Crippen MR) is 78.7 cm³/mol. The Balaban J connectivity index is 0.00000161. The molecule has 1 aromatic carbocycles. The minimum absolute atomic E-state index is 0. The van der Waals surface area contributed by atoms with Crippen LogP contribution in [0.4, 0.5) is 0 Å². The Labute approximate surface area is 150 Å². The molecule has 0 atom stereocenters. The standard InChI is InChI=1S/C18H15N2.Y/c1-14-6-7-16(15-8-10-19-11-9-15)13-17(14)18-5-3-4-12-20(18)2;/h3-6,8,10-13H,1-2H3;/q-1;. The van der Waals surface area contributed by atoms with Crippen LogP contribution < -0.4 is 4.57 Å². The maximum Gasteiger partial charge on any atom is 0.192 e. The van der Waals surface area contributed by atoms with Gasteiger partial charge >= 0.3 is 0 Å². The Morgan fingerprint density at radius 1 is 1.10 bits per heavy atom. The molecule has 0 bridgehead atoms. The predicted octanol–water partition coefficient (Wildman–Crippen LogP) is 3.15. The van der Waals surface area contributed by atoms with E-state index in [9.17, 15) is 0 Å². The van der Waals surface area contributed by atoms with Crippen LogP contribution in [0, 0.1) is 19.1 Å². The molecule has 2 nitrogen and oxygen atoms in total. The summed E-state index contributed by atoms with van der Waals surface area (Å²) < 4.78 is 2.13. The van der Waals surface area contributed by atoms with Crippen molar-refractivity contribution in [1.29, 1.82) is 0 Å². The number of aromatic nitrogens is 2. The van der Waals surface area contributed by atoms with Gasteiger partial charge in [0.15, 0.2) is 11.9 Å². The summed E-state index contributed by atoms with van der Waals surface area (Å²) in [6.07, 6.45) is 5.52. The molecule has 0 aliphatic heterocycles. The molecular weight excluding hydrogens is 333 g/mol. The molecule has 101 valence electrons. The third-order valence-electron chi connectivity index (χ3n) is 3.40. The van der Waals surface area contributed by atoms with Crippen LogP contribution in [-0.2, 0) is 39.8 Å². The summed E-state index contributed by atoms with van der Waals surface area (Å²) >= 11 is 0. The van der Waals surface area contributed by atoms with Gasteiger partial charge in [-0.25, -0.2) is 16.7 Å². The fourth-order valence-corrected chi connectivity index (χ4v) is 2.28. The average Bonchev–Trinajstić information content (AvgIpc) is 2.49. The maximum absolute atomic E-state index is 4.01. The largest absolute Gasteiger partial charge is 0.293 e. The van der Waals surface area contributed by atoms with Crippen LogP contribution in [0.3, 0.4) is 0 Å². The smallest absolute Gasteiger partial charge is 0.192 e. The van der Waals surface area contributed by atoms with Crippen LogP contribution in [0.25, 0.3) is 22.4 Å². The summed E-state index contributed by atoms with van der Waals surface area (Å²) in [5, 5.41) is 0. The molecule has 0 spiro atoms. The van der Waals surface area contributed by atoms with E-state index in [2.05, 4.69) is 60.1 Å². The van der Waals surface area contributed by atoms with Gasteiger partial charge in [-0.05, 0) is 24.0 Å². The summed E-state index contributed by atoms with van der Waals surface area (Å²) in [6, 6.07) is 18.8. The Hall–Kier alpha value is -1.38. The van der Waals surface area contributed by atoms with Gasteiger partial charge in [0.2, 0.25) is 0 Å². The molecule has 0 aliphatic rings. The molecule has 1 radical (unpaired) electrons. The van der Waals surface area contributed by atoms with Crippen LogP contribution >= 0.6 is 0 Å². The van der Waals surface area contributed by atoms with Gasteiger partial charge in [0, 0.05) is 44.8 Å². The van der Waals surface area contributed by atoms with E-state index in [4.69, 9.17) is 0 Å². The first kappa shape index (κ1) is 16.0. The summed E-state index contributed by atoms with van der Waals surface area (Å²) in [5.74, 6) is 0. The van der Waals surface area contributed by atoms with Crippen LogP contribution in [-0.4, -0.2) is 4.98 Å². The summed E-state index contributed by atoms with van der Waals surface area (Å²) in [7, 11) is 2.06. The molecule has 0 saturated carbocycles. The van der Waals surface area contributed by atoms with E-state index in [0.717, 1.165) is 11.1 Å². The van der Waals surface area contributed by atoms with Crippen molar-refractivity contribution in [2.24, 2.45) is 7.05 Å². The van der Waals surface area contributed by atoms with E-state index in [1.807, 2.05) is 18.2 Å². The minimum atomic E-state index is 0. The number of rotatable bonds is 2. The van der Waals surface area contributed by atoms with Gasteiger partial charge in [-0.2, -0.15) is 18.2 Å². The second kappa shape index (κ2) is 7.06. The minimum Gasteiger partial charge on any atom is -0.293 e. The van der Waals surface area contributed by atoms with Crippen LogP contribution in [0.5, 0.6) is 0 Å². The van der Waals surface area contributed by atoms with Crippen molar-refractivity contribution in [3.05, 3.63) is 72.7 Å². The van der Waals surface area contributed by atoms with Gasteiger partial charge in [0.05, 0.1) is 0 Å². The molecule has 2 heterocycles. The van der Waals surface area contributed by atoms with Gasteiger partial charge in [-0.1, -0.05) is 6.92 Å². The van der Waals surface area contributed by atoms with Crippen molar-refractivity contribution >= 4 is 0 Å². The Morgan fingerprint density at radius 3 is 2.67 bits per heavy atom. The second-order valence-corrected chi connectivity index (χ2v) is 4.79. The number of hydrogen-bond acceptors (Lipinski definition) is 1. The average molecular weight is 348 g/mol. The fourth-order valence-electron chi connectivity index (χ4n) is 2.28. The zero-order valence-corrected chi connectivity index (χ0v) is 15.0. The second-order valence-electron chi connectivity index (χ2n) is 4.79. The first-order valence-electron chi connectivity index (χ1n) is 6.55. The number of benzene rings is 1. The molecule has 0 amide bonds. The van der Waals surface area contributed by atoms with E-state index in [-0.39, 0.29) is 32.7 Å². The van der Waals surface area contributed by atoms with E-state index in [1.165, 1.54) is 16.8 Å². The summed E-state index contributed by atoms with van der Waals surface area (Å²) in [6.45, 7) is 2.11. The van der Waals surface area contributed by atoms with Gasteiger partial charge < -0.3 is 0 Å². The SMILES string of the molecule is Cc1c[c-]c(-c2[c-]cncc2)cc1-c1cccc[n+]1C.[Y]. The Kier molecular flexibility index (Phi) is 5.38. The van der Waals surface area contributed by atoms with Crippen LogP contribution in [0.1, 0.15) is 5.56 Å². The molecule has 3 aromatic rings. The molecule has 0 fully saturated rings. The number of hydrogen-bond donors (Lipinski definition) is 0. The van der Waals surface area contributed by atoms with Crippen molar-refractivity contribution in [1.82, 2.24) is 4.98 Å². The monoisotopic (exact) mass is 348 g/mol. The molecule has 0 unspecified atom stereocenters. The topological polar surface area (TPSA) is 16.8 Å². The normalized spacial score (nSPS) is 10.0. The van der Waals surface area contributed by atoms with E-state index in [1.54, 1.807) is 12.4 Å². The first-order valence-corrected chi connectivity index (χ1v) is 6.55. The zero-order valence-electron chi connectivity index (χ0n) is 12.2. The summed E-state index contributed by atoms with van der Waals surface area (Å²) in [5.41, 5.74) is 5.67. The molecule has 2 aromatic heterocycles. The maximum atomic E-state index is 4.01. The van der Waals surface area contributed by atoms with Crippen molar-refractivity contribution in [2.45, 2.75) is 6.92 Å². The third kappa shape index (κ3) is 3.45. The van der Waals surface area contributed by atoms with Gasteiger partial charge in [-0.3, -0.25) is 16.1 Å². The molecule has 3 rings (SSSR count). The van der Waals surface area contributed by atoms with Gasteiger partial charge in [-0.15, -0.1) is 5.56 Å². The fraction of sp³-hybridized carbons (Fsp3) is 0.111.